The summed E-state index contributed by atoms with van der Waals surface area (Å²) >= 11 is 0. The predicted molar refractivity (Wildman–Crippen MR) is 88.8 cm³/mol. The second kappa shape index (κ2) is 7.70. The fraction of sp³-hybridized carbons (Fsp3) is 0.688. The Morgan fingerprint density at radius 3 is 2.85 bits per heavy atom. The molecule has 5 atom stereocenters. The van der Waals surface area contributed by atoms with Gasteiger partial charge in [-0.15, -0.1) is 0 Å². The summed E-state index contributed by atoms with van der Waals surface area (Å²) in [4.78, 5) is 38.6. The summed E-state index contributed by atoms with van der Waals surface area (Å²) in [6, 6.07) is 0. The predicted octanol–water partition coefficient (Wildman–Crippen LogP) is -1.67. The van der Waals surface area contributed by atoms with E-state index in [0.29, 0.717) is 6.61 Å². The van der Waals surface area contributed by atoms with E-state index in [1.54, 1.807) is 6.92 Å². The Bertz CT molecular complexity index is 768. The molecule has 144 valence electrons. The molecule has 2 saturated heterocycles. The lowest BCUT2D eigenvalue weighted by Crippen LogP contribution is -2.40. The molecule has 1 aromatic rings. The van der Waals surface area contributed by atoms with Gasteiger partial charge in [0.25, 0.3) is 11.5 Å². The average molecular weight is 369 g/mol. The number of carbonyl (C=O) groups excluding carboxylic acids is 1. The number of aliphatic hydroxyl groups excluding tert-OH is 2. The van der Waals surface area contributed by atoms with Crippen LogP contribution in [0.2, 0.25) is 0 Å². The maximum absolute atomic E-state index is 12.3. The molecule has 0 saturated carbocycles. The quantitative estimate of drug-likeness (QED) is 0.486. The largest absolute Gasteiger partial charge is 0.394 e. The molecule has 10 heteroatoms. The van der Waals surface area contributed by atoms with Crippen LogP contribution in [-0.4, -0.2) is 63.7 Å². The fourth-order valence-corrected chi connectivity index (χ4v) is 3.30. The van der Waals surface area contributed by atoms with Gasteiger partial charge < -0.3 is 25.0 Å². The van der Waals surface area contributed by atoms with E-state index in [1.807, 2.05) is 0 Å². The summed E-state index contributed by atoms with van der Waals surface area (Å²) in [7, 11) is 0. The van der Waals surface area contributed by atoms with E-state index in [0.717, 1.165) is 23.6 Å². The SMILES string of the molecule is C[C@H]1C(O)[C@@H](CO)O[C@H]1n1cc(C(=O)NC[C@@H]2CCCO2)c(=O)[nH]c1=O. The smallest absolute Gasteiger partial charge is 0.330 e. The van der Waals surface area contributed by atoms with Gasteiger partial charge >= 0.3 is 5.69 Å². The molecule has 2 fully saturated rings. The molecule has 0 aliphatic carbocycles. The molecular formula is C16H23N3O7. The van der Waals surface area contributed by atoms with Crippen LogP contribution in [-0.2, 0) is 9.47 Å². The van der Waals surface area contributed by atoms with Gasteiger partial charge in [0.1, 0.15) is 17.9 Å². The first-order valence-corrected chi connectivity index (χ1v) is 8.62. The van der Waals surface area contributed by atoms with Crippen LogP contribution >= 0.6 is 0 Å². The van der Waals surface area contributed by atoms with E-state index in [9.17, 15) is 24.6 Å². The van der Waals surface area contributed by atoms with Crippen molar-refractivity contribution in [1.82, 2.24) is 14.9 Å². The second-order valence-electron chi connectivity index (χ2n) is 6.65. The zero-order chi connectivity index (χ0) is 18.8. The third-order valence-corrected chi connectivity index (χ3v) is 4.86. The molecule has 2 aliphatic heterocycles. The second-order valence-corrected chi connectivity index (χ2v) is 6.65. The number of ether oxygens (including phenoxy) is 2. The molecule has 26 heavy (non-hydrogen) atoms. The van der Waals surface area contributed by atoms with E-state index < -0.39 is 48.1 Å². The van der Waals surface area contributed by atoms with E-state index in [1.165, 1.54) is 0 Å². The Labute approximate surface area is 148 Å². The number of H-pyrrole nitrogens is 1. The van der Waals surface area contributed by atoms with Gasteiger partial charge in [-0.05, 0) is 12.8 Å². The first kappa shape index (κ1) is 18.8. The maximum Gasteiger partial charge on any atom is 0.330 e. The summed E-state index contributed by atoms with van der Waals surface area (Å²) in [5.41, 5.74) is -1.80. The Balaban J connectivity index is 1.82. The number of amides is 1. The highest BCUT2D eigenvalue weighted by Gasteiger charge is 2.42. The van der Waals surface area contributed by atoms with Crippen molar-refractivity contribution in [3.8, 4) is 0 Å². The summed E-state index contributed by atoms with van der Waals surface area (Å²) in [5, 5.41) is 21.9. The number of aliphatic hydroxyl groups is 2. The lowest BCUT2D eigenvalue weighted by molar-refractivity contribution is -0.0477. The Morgan fingerprint density at radius 1 is 1.46 bits per heavy atom. The summed E-state index contributed by atoms with van der Waals surface area (Å²) in [6.45, 7) is 2.17. The van der Waals surface area contributed by atoms with E-state index in [4.69, 9.17) is 9.47 Å². The number of nitrogens with zero attached hydrogens (tertiary/aromatic N) is 1. The molecule has 0 radical (unpaired) electrons. The van der Waals surface area contributed by atoms with Gasteiger partial charge in [-0.2, -0.15) is 0 Å². The third kappa shape index (κ3) is 3.58. The molecule has 2 aliphatic rings. The van der Waals surface area contributed by atoms with Crippen molar-refractivity contribution in [3.05, 3.63) is 32.6 Å². The van der Waals surface area contributed by atoms with Crippen LogP contribution in [0.5, 0.6) is 0 Å². The van der Waals surface area contributed by atoms with Gasteiger partial charge in [-0.1, -0.05) is 6.92 Å². The lowest BCUT2D eigenvalue weighted by Gasteiger charge is -2.19. The number of rotatable bonds is 5. The summed E-state index contributed by atoms with van der Waals surface area (Å²) in [6.07, 6.45) is 0.0889. The van der Waals surface area contributed by atoms with Crippen molar-refractivity contribution in [1.29, 1.82) is 0 Å². The Kier molecular flexibility index (Phi) is 5.56. The normalized spacial score (nSPS) is 31.3. The highest BCUT2D eigenvalue weighted by molar-refractivity contribution is 5.93. The monoisotopic (exact) mass is 369 g/mol. The Hall–Kier alpha value is -2.01. The molecule has 4 N–H and O–H groups in total. The number of aromatic amines is 1. The number of hydrogen-bond acceptors (Lipinski definition) is 7. The minimum atomic E-state index is -0.972. The van der Waals surface area contributed by atoms with Crippen molar-refractivity contribution < 1.29 is 24.5 Å². The minimum absolute atomic E-state index is 0.0809. The van der Waals surface area contributed by atoms with Gasteiger partial charge in [0.05, 0.1) is 18.8 Å². The van der Waals surface area contributed by atoms with Crippen LogP contribution < -0.4 is 16.6 Å². The Morgan fingerprint density at radius 2 is 2.23 bits per heavy atom. The maximum atomic E-state index is 12.3. The van der Waals surface area contributed by atoms with Crippen molar-refractivity contribution in [2.45, 2.75) is 44.3 Å². The van der Waals surface area contributed by atoms with Crippen LogP contribution in [0.15, 0.2) is 15.8 Å². The van der Waals surface area contributed by atoms with Crippen molar-refractivity contribution in [2.24, 2.45) is 5.92 Å². The highest BCUT2D eigenvalue weighted by atomic mass is 16.5. The zero-order valence-electron chi connectivity index (χ0n) is 14.4. The van der Waals surface area contributed by atoms with Crippen LogP contribution in [0, 0.1) is 5.92 Å². The van der Waals surface area contributed by atoms with Crippen molar-refractivity contribution in [3.63, 3.8) is 0 Å². The molecule has 10 nitrogen and oxygen atoms in total. The van der Waals surface area contributed by atoms with Crippen LogP contribution in [0.25, 0.3) is 0 Å². The number of aromatic nitrogens is 2. The molecule has 3 heterocycles. The number of nitrogens with one attached hydrogen (secondary N) is 2. The summed E-state index contributed by atoms with van der Waals surface area (Å²) < 4.78 is 12.0. The zero-order valence-corrected chi connectivity index (χ0v) is 14.4. The van der Waals surface area contributed by atoms with Crippen LogP contribution in [0.1, 0.15) is 36.4 Å². The van der Waals surface area contributed by atoms with E-state index in [-0.39, 0.29) is 18.2 Å². The minimum Gasteiger partial charge on any atom is -0.394 e. The first-order chi connectivity index (χ1) is 12.4. The van der Waals surface area contributed by atoms with Gasteiger partial charge in [-0.25, -0.2) is 4.79 Å². The van der Waals surface area contributed by atoms with E-state index >= 15 is 0 Å². The van der Waals surface area contributed by atoms with Gasteiger partial charge in [-0.3, -0.25) is 19.1 Å². The molecule has 1 unspecified atom stereocenters. The number of carbonyl (C=O) groups is 1. The average Bonchev–Trinajstić information content (AvgIpc) is 3.23. The molecule has 3 rings (SSSR count). The molecule has 0 spiro atoms. The van der Waals surface area contributed by atoms with Gasteiger partial charge in [0.15, 0.2) is 0 Å². The van der Waals surface area contributed by atoms with E-state index in [2.05, 4.69) is 10.3 Å². The highest BCUT2D eigenvalue weighted by Crippen LogP contribution is 2.33. The molecule has 0 bridgehead atoms. The first-order valence-electron chi connectivity index (χ1n) is 8.62. The van der Waals surface area contributed by atoms with Crippen LogP contribution in [0.3, 0.4) is 0 Å². The van der Waals surface area contributed by atoms with Crippen molar-refractivity contribution >= 4 is 5.91 Å². The van der Waals surface area contributed by atoms with Crippen molar-refractivity contribution in [2.75, 3.05) is 19.8 Å². The lowest BCUT2D eigenvalue weighted by atomic mass is 10.0. The summed E-state index contributed by atoms with van der Waals surface area (Å²) in [5.74, 6) is -1.14. The number of hydrogen-bond donors (Lipinski definition) is 4. The molecular weight excluding hydrogens is 346 g/mol. The molecule has 0 aromatic carbocycles. The van der Waals surface area contributed by atoms with Gasteiger partial charge in [0.2, 0.25) is 0 Å². The van der Waals surface area contributed by atoms with Gasteiger partial charge in [0, 0.05) is 25.3 Å². The molecule has 1 amide bonds. The molecule has 1 aromatic heterocycles. The standard InChI is InChI=1S/C16H23N3O7/c1-8-12(21)11(7-20)26-15(8)19-6-10(14(23)18-16(19)24)13(22)17-5-9-3-2-4-25-9/h6,8-9,11-12,15,20-21H,2-5,7H2,1H3,(H,17,22)(H,18,23,24)/t8-,9-,11+,12?,15+/m0/s1. The fourth-order valence-electron chi connectivity index (χ4n) is 3.30. The topological polar surface area (TPSA) is 143 Å². The van der Waals surface area contributed by atoms with Crippen LogP contribution in [0.4, 0.5) is 0 Å². The third-order valence-electron chi connectivity index (χ3n) is 4.86.